The lowest BCUT2D eigenvalue weighted by Crippen LogP contribution is -2.44. The molecule has 0 atom stereocenters. The van der Waals surface area contributed by atoms with E-state index >= 15 is 0 Å². The van der Waals surface area contributed by atoms with Gasteiger partial charge in [0.15, 0.2) is 0 Å². The monoisotopic (exact) mass is 431 g/mol. The summed E-state index contributed by atoms with van der Waals surface area (Å²) in [7, 11) is 1.32. The number of esters is 1. The zero-order chi connectivity index (χ0) is 22.8. The SMILES string of the molecule is COC(=O)c1ccccc1Nc1ccc2c3c(cccc13)C(=O)N(CCNC(C)=O)C2=O. The van der Waals surface area contributed by atoms with Crippen molar-refractivity contribution in [2.24, 2.45) is 0 Å². The van der Waals surface area contributed by atoms with Crippen molar-refractivity contribution in [3.05, 3.63) is 71.3 Å². The number of carbonyl (C=O) groups is 4. The van der Waals surface area contributed by atoms with Crippen LogP contribution in [-0.4, -0.2) is 48.8 Å². The fourth-order valence-corrected chi connectivity index (χ4v) is 3.83. The van der Waals surface area contributed by atoms with Crippen molar-refractivity contribution in [3.63, 3.8) is 0 Å². The number of nitrogens with zero attached hydrogens (tertiary/aromatic N) is 1. The van der Waals surface area contributed by atoms with Crippen LogP contribution in [0.2, 0.25) is 0 Å². The molecule has 0 saturated heterocycles. The molecule has 8 nitrogen and oxygen atoms in total. The van der Waals surface area contributed by atoms with E-state index in [1.54, 1.807) is 48.5 Å². The van der Waals surface area contributed by atoms with Crippen LogP contribution in [-0.2, 0) is 9.53 Å². The lowest BCUT2D eigenvalue weighted by Gasteiger charge is -2.28. The first-order valence-corrected chi connectivity index (χ1v) is 10.0. The molecule has 3 aromatic carbocycles. The van der Waals surface area contributed by atoms with Crippen molar-refractivity contribution in [1.29, 1.82) is 0 Å². The molecule has 3 aromatic rings. The maximum Gasteiger partial charge on any atom is 0.339 e. The normalized spacial score (nSPS) is 12.6. The maximum atomic E-state index is 13.1. The lowest BCUT2D eigenvalue weighted by molar-refractivity contribution is -0.119. The molecule has 1 aliphatic rings. The highest BCUT2D eigenvalue weighted by atomic mass is 16.5. The molecule has 8 heteroatoms. The summed E-state index contributed by atoms with van der Waals surface area (Å²) in [4.78, 5) is 50.5. The number of anilines is 2. The summed E-state index contributed by atoms with van der Waals surface area (Å²) < 4.78 is 4.85. The zero-order valence-electron chi connectivity index (χ0n) is 17.6. The number of benzene rings is 3. The highest BCUT2D eigenvalue weighted by Gasteiger charge is 2.33. The van der Waals surface area contributed by atoms with Gasteiger partial charge in [0, 0.05) is 47.6 Å². The molecule has 1 heterocycles. The van der Waals surface area contributed by atoms with E-state index in [-0.39, 0.29) is 19.0 Å². The van der Waals surface area contributed by atoms with Gasteiger partial charge in [-0.25, -0.2) is 4.79 Å². The number of imide groups is 1. The molecule has 32 heavy (non-hydrogen) atoms. The van der Waals surface area contributed by atoms with E-state index in [0.29, 0.717) is 38.8 Å². The van der Waals surface area contributed by atoms with Crippen molar-refractivity contribution in [2.45, 2.75) is 6.92 Å². The lowest BCUT2D eigenvalue weighted by atomic mass is 9.93. The molecular weight excluding hydrogens is 410 g/mol. The Hall–Kier alpha value is -4.20. The molecule has 162 valence electrons. The Bertz CT molecular complexity index is 1250. The summed E-state index contributed by atoms with van der Waals surface area (Å²) in [6.45, 7) is 1.64. The van der Waals surface area contributed by atoms with Crippen LogP contribution in [0.4, 0.5) is 11.4 Å². The van der Waals surface area contributed by atoms with Crippen LogP contribution in [0.15, 0.2) is 54.6 Å². The van der Waals surface area contributed by atoms with Crippen LogP contribution in [0.1, 0.15) is 38.0 Å². The summed E-state index contributed by atoms with van der Waals surface area (Å²) in [6.07, 6.45) is 0. The Morgan fingerprint density at radius 3 is 2.34 bits per heavy atom. The Kier molecular flexibility index (Phi) is 5.59. The van der Waals surface area contributed by atoms with Crippen LogP contribution in [0.5, 0.6) is 0 Å². The van der Waals surface area contributed by atoms with Crippen LogP contribution in [0.3, 0.4) is 0 Å². The molecule has 0 aromatic heterocycles. The van der Waals surface area contributed by atoms with Gasteiger partial charge in [0.2, 0.25) is 5.91 Å². The van der Waals surface area contributed by atoms with Gasteiger partial charge in [0.25, 0.3) is 11.8 Å². The van der Waals surface area contributed by atoms with Gasteiger partial charge in [-0.15, -0.1) is 0 Å². The van der Waals surface area contributed by atoms with Gasteiger partial charge in [-0.2, -0.15) is 0 Å². The number of ether oxygens (including phenoxy) is 1. The Morgan fingerprint density at radius 1 is 0.906 bits per heavy atom. The van der Waals surface area contributed by atoms with Crippen molar-refractivity contribution >= 4 is 45.8 Å². The molecule has 0 bridgehead atoms. The van der Waals surface area contributed by atoms with Gasteiger partial charge in [-0.05, 0) is 30.3 Å². The number of carbonyl (C=O) groups excluding carboxylic acids is 4. The van der Waals surface area contributed by atoms with Gasteiger partial charge in [0.05, 0.1) is 18.4 Å². The number of hydrogen-bond donors (Lipinski definition) is 2. The van der Waals surface area contributed by atoms with Gasteiger partial charge < -0.3 is 15.4 Å². The predicted octanol–water partition coefficient (Wildman–Crippen LogP) is 3.10. The predicted molar refractivity (Wildman–Crippen MR) is 119 cm³/mol. The molecule has 0 spiro atoms. The summed E-state index contributed by atoms with van der Waals surface area (Å²) >= 11 is 0. The summed E-state index contributed by atoms with van der Waals surface area (Å²) in [5, 5.41) is 7.08. The number of amides is 3. The minimum absolute atomic E-state index is 0.0829. The molecule has 0 unspecified atom stereocenters. The maximum absolute atomic E-state index is 13.1. The average molecular weight is 431 g/mol. The highest BCUT2D eigenvalue weighted by molar-refractivity contribution is 6.27. The second-order valence-electron chi connectivity index (χ2n) is 7.30. The summed E-state index contributed by atoms with van der Waals surface area (Å²) in [6, 6.07) is 15.6. The van der Waals surface area contributed by atoms with Gasteiger partial charge in [-0.3, -0.25) is 19.3 Å². The molecule has 2 N–H and O–H groups in total. The minimum Gasteiger partial charge on any atom is -0.465 e. The molecule has 0 fully saturated rings. The van der Waals surface area contributed by atoms with E-state index in [1.807, 2.05) is 6.07 Å². The second kappa shape index (κ2) is 8.50. The van der Waals surface area contributed by atoms with Crippen LogP contribution in [0, 0.1) is 0 Å². The third kappa shape index (κ3) is 3.66. The molecule has 1 aliphatic heterocycles. The molecule has 3 amide bonds. The standard InChI is InChI=1S/C24H21N3O5/c1-14(28)25-12-13-27-22(29)17-8-5-7-15-20(11-10-18(21(15)17)23(27)30)26-19-9-4-3-6-16(19)24(31)32-2/h3-11,26H,12-13H2,1-2H3,(H,25,28). The van der Waals surface area contributed by atoms with Gasteiger partial charge in [0.1, 0.15) is 0 Å². The van der Waals surface area contributed by atoms with Crippen molar-refractivity contribution in [1.82, 2.24) is 10.2 Å². The van der Waals surface area contributed by atoms with E-state index in [1.165, 1.54) is 14.0 Å². The Morgan fingerprint density at radius 2 is 1.62 bits per heavy atom. The fraction of sp³-hybridized carbons (Fsp3) is 0.167. The van der Waals surface area contributed by atoms with Crippen molar-refractivity contribution in [3.8, 4) is 0 Å². The third-order valence-corrected chi connectivity index (χ3v) is 5.30. The Balaban J connectivity index is 1.75. The van der Waals surface area contributed by atoms with Crippen LogP contribution >= 0.6 is 0 Å². The number of rotatable bonds is 6. The van der Waals surface area contributed by atoms with E-state index in [2.05, 4.69) is 10.6 Å². The number of nitrogens with one attached hydrogen (secondary N) is 2. The Labute approximate surface area is 184 Å². The zero-order valence-corrected chi connectivity index (χ0v) is 17.6. The molecule has 4 rings (SSSR count). The van der Waals surface area contributed by atoms with Gasteiger partial charge >= 0.3 is 5.97 Å². The summed E-state index contributed by atoms with van der Waals surface area (Å²) in [5.41, 5.74) is 2.38. The number of hydrogen-bond acceptors (Lipinski definition) is 6. The first kappa shape index (κ1) is 21.0. The topological polar surface area (TPSA) is 105 Å². The van der Waals surface area contributed by atoms with E-state index in [4.69, 9.17) is 4.74 Å². The van der Waals surface area contributed by atoms with Crippen LogP contribution < -0.4 is 10.6 Å². The largest absolute Gasteiger partial charge is 0.465 e. The highest BCUT2D eigenvalue weighted by Crippen LogP contribution is 2.36. The molecule has 0 radical (unpaired) electrons. The first-order valence-electron chi connectivity index (χ1n) is 10.0. The molecule has 0 saturated carbocycles. The third-order valence-electron chi connectivity index (χ3n) is 5.30. The average Bonchev–Trinajstić information content (AvgIpc) is 2.80. The first-order chi connectivity index (χ1) is 15.4. The van der Waals surface area contributed by atoms with Gasteiger partial charge in [-0.1, -0.05) is 24.3 Å². The summed E-state index contributed by atoms with van der Waals surface area (Å²) in [5.74, 6) is -1.53. The molecular formula is C24H21N3O5. The van der Waals surface area contributed by atoms with E-state index < -0.39 is 17.8 Å². The second-order valence-corrected chi connectivity index (χ2v) is 7.30. The van der Waals surface area contributed by atoms with E-state index in [0.717, 1.165) is 4.90 Å². The minimum atomic E-state index is -0.476. The quantitative estimate of drug-likeness (QED) is 0.459. The van der Waals surface area contributed by atoms with E-state index in [9.17, 15) is 19.2 Å². The van der Waals surface area contributed by atoms with Crippen molar-refractivity contribution in [2.75, 3.05) is 25.5 Å². The smallest absolute Gasteiger partial charge is 0.339 e. The van der Waals surface area contributed by atoms with Crippen molar-refractivity contribution < 1.29 is 23.9 Å². The van der Waals surface area contributed by atoms with Crippen LogP contribution in [0.25, 0.3) is 10.8 Å². The fourth-order valence-electron chi connectivity index (χ4n) is 3.83. The number of para-hydroxylation sites is 1. The molecule has 0 aliphatic carbocycles. The number of methoxy groups -OCH3 is 1.